The minimum absolute atomic E-state index is 0.0226. The van der Waals surface area contributed by atoms with E-state index < -0.39 is 0 Å². The Hall–Kier alpha value is -5.19. The maximum Gasteiger partial charge on any atom is 0.261 e. The number of hydrogen-bond donors (Lipinski definition) is 2. The van der Waals surface area contributed by atoms with Crippen LogP contribution in [0.5, 0.6) is 0 Å². The molecular formula is C46H54N6O3. The molecule has 2 aliphatic rings. The summed E-state index contributed by atoms with van der Waals surface area (Å²) in [6.45, 7) is 11.2. The van der Waals surface area contributed by atoms with Gasteiger partial charge in [0, 0.05) is 76.5 Å². The Labute approximate surface area is 324 Å². The number of para-hydroxylation sites is 2. The predicted molar refractivity (Wildman–Crippen MR) is 224 cm³/mol. The number of fused-ring (bicyclic) bond motifs is 2. The number of nitrogens with two attached hydrogens (primary N) is 1. The van der Waals surface area contributed by atoms with Crippen LogP contribution in [0.4, 0.5) is 0 Å². The molecule has 2 fully saturated rings. The molecule has 0 radical (unpaired) electrons. The summed E-state index contributed by atoms with van der Waals surface area (Å²) in [6.07, 6.45) is 2.79. The van der Waals surface area contributed by atoms with Crippen LogP contribution in [0.2, 0.25) is 0 Å². The van der Waals surface area contributed by atoms with Gasteiger partial charge in [-0.05, 0) is 72.9 Å². The Kier molecular flexibility index (Phi) is 12.6. The highest BCUT2D eigenvalue weighted by Crippen LogP contribution is 2.24. The molecule has 55 heavy (non-hydrogen) atoms. The molecule has 2 saturated heterocycles. The van der Waals surface area contributed by atoms with Crippen LogP contribution in [0.15, 0.2) is 131 Å². The first-order valence-corrected chi connectivity index (χ1v) is 19.1. The average molecular weight is 739 g/mol. The number of hydrogen-bond acceptors (Lipinski definition) is 7. The summed E-state index contributed by atoms with van der Waals surface area (Å²) in [7, 11) is 3.52. The largest absolute Gasteiger partial charge is 0.324 e. The van der Waals surface area contributed by atoms with E-state index in [4.69, 9.17) is 5.73 Å². The second-order valence-electron chi connectivity index (χ2n) is 15.7. The third-order valence-electron chi connectivity index (χ3n) is 10.8. The summed E-state index contributed by atoms with van der Waals surface area (Å²) >= 11 is 0. The normalized spacial score (nSPS) is 19.8. The van der Waals surface area contributed by atoms with E-state index in [2.05, 4.69) is 95.7 Å². The molecule has 9 nitrogen and oxygen atoms in total. The smallest absolute Gasteiger partial charge is 0.261 e. The molecule has 0 bridgehead atoms. The summed E-state index contributed by atoms with van der Waals surface area (Å²) in [5.74, 6) is 0. The fourth-order valence-corrected chi connectivity index (χ4v) is 7.69. The standard InChI is InChI=1S/C23H27N3O.C12H18N2.C11H9NO2/c1-23(12-13-26(17-23)16-18-8-4-3-5-9-18)24-15-20-14-19-10-6-7-11-21(19)25(2)22(20)27;1-12(13)7-8-14(10-12)9-11-5-3-2-4-6-11;1-12-10-5-3-2-4-8(10)6-9(7-13)11(12)14/h3-11,14,24H,12-13,15-17H2,1-2H3;2-6H,7-10,13H2,1H3;2-7H,1H3. The van der Waals surface area contributed by atoms with Gasteiger partial charge in [0.15, 0.2) is 6.29 Å². The number of likely N-dealkylation sites (tertiary alicyclic amines) is 2. The zero-order valence-electron chi connectivity index (χ0n) is 32.6. The second kappa shape index (κ2) is 17.5. The summed E-state index contributed by atoms with van der Waals surface area (Å²) in [4.78, 5) is 39.8. The van der Waals surface area contributed by atoms with E-state index in [0.717, 1.165) is 79.5 Å². The van der Waals surface area contributed by atoms with Crippen molar-refractivity contribution in [2.45, 2.75) is 57.4 Å². The van der Waals surface area contributed by atoms with Gasteiger partial charge in [0.2, 0.25) is 0 Å². The van der Waals surface area contributed by atoms with Crippen LogP contribution in [-0.4, -0.2) is 62.5 Å². The van der Waals surface area contributed by atoms with Crippen LogP contribution in [0, 0.1) is 0 Å². The number of nitrogens with zero attached hydrogens (tertiary/aromatic N) is 4. The molecule has 0 spiro atoms. The molecule has 2 atom stereocenters. The molecule has 2 aliphatic heterocycles. The van der Waals surface area contributed by atoms with Crippen molar-refractivity contribution in [2.75, 3.05) is 26.2 Å². The van der Waals surface area contributed by atoms with Crippen LogP contribution in [0.3, 0.4) is 0 Å². The molecule has 9 heteroatoms. The van der Waals surface area contributed by atoms with Crippen molar-refractivity contribution in [3.63, 3.8) is 0 Å². The predicted octanol–water partition coefficient (Wildman–Crippen LogP) is 6.25. The summed E-state index contributed by atoms with van der Waals surface area (Å²) in [5, 5.41) is 5.68. The van der Waals surface area contributed by atoms with Crippen LogP contribution in [0.25, 0.3) is 21.8 Å². The Bertz CT molecular complexity index is 2340. The Balaban J connectivity index is 0.000000155. The SMILES string of the molecule is CC1(N)CCN(Cc2ccccc2)C1.Cn1c(=O)c(C=O)cc2ccccc21.Cn1c(=O)c(CNC2(C)CCN(Cc3ccccc3)C2)cc2ccccc21. The molecule has 0 amide bonds. The number of nitrogens with one attached hydrogen (secondary N) is 1. The maximum absolute atomic E-state index is 12.7. The highest BCUT2D eigenvalue weighted by molar-refractivity contribution is 5.86. The van der Waals surface area contributed by atoms with Gasteiger partial charge in [-0.2, -0.15) is 0 Å². The molecule has 6 aromatic rings. The highest BCUT2D eigenvalue weighted by atomic mass is 16.1. The van der Waals surface area contributed by atoms with Crippen LogP contribution < -0.4 is 22.2 Å². The first kappa shape index (κ1) is 39.5. The lowest BCUT2D eigenvalue weighted by Gasteiger charge is -2.26. The molecule has 286 valence electrons. The van der Waals surface area contributed by atoms with Crippen molar-refractivity contribution in [3.05, 3.63) is 164 Å². The number of pyridine rings is 2. The van der Waals surface area contributed by atoms with Gasteiger partial charge in [0.25, 0.3) is 11.1 Å². The second-order valence-corrected chi connectivity index (χ2v) is 15.7. The van der Waals surface area contributed by atoms with E-state index in [1.165, 1.54) is 15.7 Å². The lowest BCUT2D eigenvalue weighted by molar-refractivity contribution is 0.112. The van der Waals surface area contributed by atoms with E-state index in [1.807, 2.05) is 55.6 Å². The Morgan fingerprint density at radius 3 is 1.69 bits per heavy atom. The topological polar surface area (TPSA) is 106 Å². The van der Waals surface area contributed by atoms with Gasteiger partial charge in [-0.25, -0.2) is 0 Å². The third-order valence-corrected chi connectivity index (χ3v) is 10.8. The van der Waals surface area contributed by atoms with E-state index in [0.29, 0.717) is 12.8 Å². The first-order valence-electron chi connectivity index (χ1n) is 19.1. The number of rotatable bonds is 8. The van der Waals surface area contributed by atoms with Gasteiger partial charge >= 0.3 is 0 Å². The number of aryl methyl sites for hydroxylation is 2. The summed E-state index contributed by atoms with van der Waals surface area (Å²) in [6, 6.07) is 40.4. The lowest BCUT2D eigenvalue weighted by Crippen LogP contribution is -2.45. The fraction of sp³-hybridized carbons (Fsp3) is 0.326. The quantitative estimate of drug-likeness (QED) is 0.178. The zero-order valence-corrected chi connectivity index (χ0v) is 32.6. The first-order chi connectivity index (χ1) is 26.4. The monoisotopic (exact) mass is 738 g/mol. The van der Waals surface area contributed by atoms with Crippen LogP contribution >= 0.6 is 0 Å². The highest BCUT2D eigenvalue weighted by Gasteiger charge is 2.33. The third kappa shape index (κ3) is 10.1. The number of carbonyl (C=O) groups is 1. The molecule has 2 aromatic heterocycles. The lowest BCUT2D eigenvalue weighted by atomic mass is 10.0. The number of benzene rings is 4. The van der Waals surface area contributed by atoms with E-state index in [1.54, 1.807) is 17.7 Å². The van der Waals surface area contributed by atoms with Crippen molar-refractivity contribution in [1.29, 1.82) is 0 Å². The summed E-state index contributed by atoms with van der Waals surface area (Å²) < 4.78 is 3.24. The molecule has 4 aromatic carbocycles. The van der Waals surface area contributed by atoms with Crippen molar-refractivity contribution < 1.29 is 4.79 Å². The van der Waals surface area contributed by atoms with Gasteiger partial charge in [0.05, 0.1) is 16.6 Å². The Morgan fingerprint density at radius 2 is 1.15 bits per heavy atom. The van der Waals surface area contributed by atoms with Crippen molar-refractivity contribution >= 4 is 28.1 Å². The molecule has 0 saturated carbocycles. The molecule has 8 rings (SSSR count). The van der Waals surface area contributed by atoms with Gasteiger partial charge in [-0.1, -0.05) is 97.1 Å². The number of aromatic nitrogens is 2. The van der Waals surface area contributed by atoms with Crippen molar-refractivity contribution in [3.8, 4) is 0 Å². The van der Waals surface area contributed by atoms with Gasteiger partial charge in [-0.3, -0.25) is 24.2 Å². The molecular weight excluding hydrogens is 685 g/mol. The Morgan fingerprint density at radius 1 is 0.655 bits per heavy atom. The van der Waals surface area contributed by atoms with Gasteiger partial charge < -0.3 is 20.2 Å². The average Bonchev–Trinajstić information content (AvgIpc) is 3.74. The van der Waals surface area contributed by atoms with E-state index in [-0.39, 0.29) is 27.8 Å². The van der Waals surface area contributed by atoms with Crippen molar-refractivity contribution in [1.82, 2.24) is 24.3 Å². The molecule has 0 aliphatic carbocycles. The molecule has 4 heterocycles. The summed E-state index contributed by atoms with van der Waals surface area (Å²) in [5.41, 5.74) is 11.6. The minimum atomic E-state index is -0.251. The van der Waals surface area contributed by atoms with Crippen LogP contribution in [-0.2, 0) is 33.7 Å². The van der Waals surface area contributed by atoms with Gasteiger partial charge in [-0.15, -0.1) is 0 Å². The van der Waals surface area contributed by atoms with Crippen molar-refractivity contribution in [2.24, 2.45) is 19.8 Å². The minimum Gasteiger partial charge on any atom is -0.324 e. The van der Waals surface area contributed by atoms with E-state index >= 15 is 0 Å². The maximum atomic E-state index is 12.7. The fourth-order valence-electron chi connectivity index (χ4n) is 7.69. The number of aldehydes is 1. The van der Waals surface area contributed by atoms with Gasteiger partial charge in [0.1, 0.15) is 0 Å². The zero-order chi connectivity index (χ0) is 39.0. The molecule has 2 unspecified atom stereocenters. The van der Waals surface area contributed by atoms with E-state index in [9.17, 15) is 14.4 Å². The number of carbonyl (C=O) groups excluding carboxylic acids is 1. The molecule has 3 N–H and O–H groups in total. The van der Waals surface area contributed by atoms with Crippen LogP contribution in [0.1, 0.15) is 53.7 Å².